The van der Waals surface area contributed by atoms with Crippen molar-refractivity contribution >= 4 is 40.6 Å². The van der Waals surface area contributed by atoms with E-state index in [1.807, 2.05) is 12.1 Å². The number of amides is 1. The van der Waals surface area contributed by atoms with E-state index in [0.29, 0.717) is 20.9 Å². The average Bonchev–Trinajstić information content (AvgIpc) is 3.47. The number of hydrogen-bond acceptors (Lipinski definition) is 5. The third-order valence-corrected chi connectivity index (χ3v) is 6.22. The molecule has 38 heavy (non-hydrogen) atoms. The lowest BCUT2D eigenvalue weighted by molar-refractivity contribution is -0.142. The zero-order chi connectivity index (χ0) is 27.0. The van der Waals surface area contributed by atoms with Gasteiger partial charge < -0.3 is 10.1 Å². The number of alkyl halides is 3. The standard InChI is InChI=1S/C25H17Cl2F3N6O2/c1-38-16-8-6-14(7-9-16)19-10-21(25(28,29)30)36-22(31-19)11-20(33-36)24(37)32-23-18(27)13-35(34-23)12-15-4-2-3-5-17(15)26/h2-11,13H,12H2,1H3,(H,32,34,37). The van der Waals surface area contributed by atoms with E-state index in [1.165, 1.54) is 18.0 Å². The number of benzene rings is 2. The van der Waals surface area contributed by atoms with Crippen LogP contribution in [-0.4, -0.2) is 37.4 Å². The SMILES string of the molecule is COc1ccc(-c2cc(C(F)(F)F)n3nc(C(=O)Nc4nn(Cc5ccccc5Cl)cc4Cl)cc3n2)cc1. The van der Waals surface area contributed by atoms with Gasteiger partial charge in [-0.2, -0.15) is 23.4 Å². The Bertz CT molecular complexity index is 1650. The molecule has 0 bridgehead atoms. The molecule has 194 valence electrons. The fourth-order valence-electron chi connectivity index (χ4n) is 3.73. The van der Waals surface area contributed by atoms with Crippen LogP contribution in [0.25, 0.3) is 16.9 Å². The fraction of sp³-hybridized carbons (Fsp3) is 0.120. The smallest absolute Gasteiger partial charge is 0.433 e. The molecule has 1 N–H and O–H groups in total. The average molecular weight is 561 g/mol. The Hall–Kier alpha value is -4.09. The van der Waals surface area contributed by atoms with Crippen molar-refractivity contribution in [2.75, 3.05) is 12.4 Å². The molecular weight excluding hydrogens is 544 g/mol. The second-order valence-corrected chi connectivity index (χ2v) is 8.94. The number of carbonyl (C=O) groups is 1. The maximum absolute atomic E-state index is 13.9. The number of ether oxygens (including phenoxy) is 1. The van der Waals surface area contributed by atoms with Gasteiger partial charge in [0.25, 0.3) is 5.91 Å². The quantitative estimate of drug-likeness (QED) is 0.266. The molecule has 0 unspecified atom stereocenters. The number of nitrogens with one attached hydrogen (secondary N) is 1. The van der Waals surface area contributed by atoms with Crippen molar-refractivity contribution in [2.45, 2.75) is 12.7 Å². The van der Waals surface area contributed by atoms with E-state index >= 15 is 0 Å². The Morgan fingerprint density at radius 2 is 1.76 bits per heavy atom. The summed E-state index contributed by atoms with van der Waals surface area (Å²) in [5.74, 6) is -0.245. The minimum Gasteiger partial charge on any atom is -0.497 e. The number of rotatable bonds is 6. The van der Waals surface area contributed by atoms with Crippen LogP contribution in [0, 0.1) is 0 Å². The van der Waals surface area contributed by atoms with Crippen molar-refractivity contribution in [3.8, 4) is 17.0 Å². The zero-order valence-corrected chi connectivity index (χ0v) is 21.0. The molecule has 0 aliphatic carbocycles. The number of aromatic nitrogens is 5. The van der Waals surface area contributed by atoms with Crippen LogP contribution in [0.3, 0.4) is 0 Å². The number of nitrogens with zero attached hydrogens (tertiary/aromatic N) is 5. The van der Waals surface area contributed by atoms with E-state index in [2.05, 4.69) is 20.5 Å². The fourth-order valence-corrected chi connectivity index (χ4v) is 4.13. The first-order valence-corrected chi connectivity index (χ1v) is 11.8. The van der Waals surface area contributed by atoms with Crippen LogP contribution in [0.15, 0.2) is 66.9 Å². The van der Waals surface area contributed by atoms with Gasteiger partial charge in [0.1, 0.15) is 10.8 Å². The molecule has 0 saturated heterocycles. The van der Waals surface area contributed by atoms with E-state index in [-0.39, 0.29) is 34.4 Å². The molecule has 5 aromatic rings. The summed E-state index contributed by atoms with van der Waals surface area (Å²) in [5.41, 5.74) is -0.278. The van der Waals surface area contributed by atoms with Gasteiger partial charge in [-0.1, -0.05) is 41.4 Å². The topological polar surface area (TPSA) is 86.3 Å². The molecule has 13 heteroatoms. The Morgan fingerprint density at radius 3 is 2.45 bits per heavy atom. The zero-order valence-electron chi connectivity index (χ0n) is 19.5. The predicted octanol–water partition coefficient (Wildman–Crippen LogP) is 6.23. The van der Waals surface area contributed by atoms with E-state index < -0.39 is 17.8 Å². The second kappa shape index (κ2) is 9.99. The first-order valence-electron chi connectivity index (χ1n) is 11.0. The molecule has 1 amide bonds. The molecule has 3 heterocycles. The Morgan fingerprint density at radius 1 is 1.03 bits per heavy atom. The van der Waals surface area contributed by atoms with E-state index in [4.69, 9.17) is 27.9 Å². The lowest BCUT2D eigenvalue weighted by Crippen LogP contribution is -2.16. The molecule has 0 atom stereocenters. The van der Waals surface area contributed by atoms with Gasteiger partial charge in [0.05, 0.1) is 19.3 Å². The Kier molecular flexibility index (Phi) is 6.72. The van der Waals surface area contributed by atoms with Gasteiger partial charge in [-0.25, -0.2) is 9.50 Å². The van der Waals surface area contributed by atoms with E-state index in [1.54, 1.807) is 36.4 Å². The lowest BCUT2D eigenvalue weighted by Gasteiger charge is -2.11. The number of anilines is 1. The molecule has 0 aliphatic heterocycles. The molecule has 0 aliphatic rings. The van der Waals surface area contributed by atoms with Crippen LogP contribution in [0.4, 0.5) is 19.0 Å². The van der Waals surface area contributed by atoms with Crippen LogP contribution in [-0.2, 0) is 12.7 Å². The molecule has 8 nitrogen and oxygen atoms in total. The van der Waals surface area contributed by atoms with Gasteiger partial charge in [-0.3, -0.25) is 9.48 Å². The monoisotopic (exact) mass is 560 g/mol. The summed E-state index contributed by atoms with van der Waals surface area (Å²) in [6, 6.07) is 15.6. The first-order chi connectivity index (χ1) is 18.1. The molecule has 0 spiro atoms. The van der Waals surface area contributed by atoms with Crippen LogP contribution >= 0.6 is 23.2 Å². The van der Waals surface area contributed by atoms with Crippen LogP contribution in [0.2, 0.25) is 10.0 Å². The van der Waals surface area contributed by atoms with Gasteiger partial charge in [-0.05, 0) is 42.0 Å². The minimum absolute atomic E-state index is 0.0173. The third kappa shape index (κ3) is 5.15. The third-order valence-electron chi connectivity index (χ3n) is 5.58. The summed E-state index contributed by atoms with van der Waals surface area (Å²) in [6.45, 7) is 0.288. The molecule has 2 aromatic carbocycles. The van der Waals surface area contributed by atoms with Gasteiger partial charge in [0.15, 0.2) is 22.9 Å². The van der Waals surface area contributed by atoms with Gasteiger partial charge in [0.2, 0.25) is 0 Å². The Balaban J connectivity index is 1.45. The summed E-state index contributed by atoms with van der Waals surface area (Å²) in [7, 11) is 1.48. The highest BCUT2D eigenvalue weighted by atomic mass is 35.5. The number of hydrogen-bond donors (Lipinski definition) is 1. The molecule has 3 aromatic heterocycles. The highest BCUT2D eigenvalue weighted by Gasteiger charge is 2.35. The normalized spacial score (nSPS) is 11.6. The number of methoxy groups -OCH3 is 1. The van der Waals surface area contributed by atoms with E-state index in [0.717, 1.165) is 17.7 Å². The molecule has 5 rings (SSSR count). The maximum Gasteiger partial charge on any atom is 0.433 e. The summed E-state index contributed by atoms with van der Waals surface area (Å²) >= 11 is 12.4. The van der Waals surface area contributed by atoms with Gasteiger partial charge in [0, 0.05) is 22.8 Å². The second-order valence-electron chi connectivity index (χ2n) is 8.12. The largest absolute Gasteiger partial charge is 0.497 e. The van der Waals surface area contributed by atoms with Crippen molar-refractivity contribution in [3.05, 3.63) is 93.9 Å². The molecule has 0 fully saturated rings. The van der Waals surface area contributed by atoms with Crippen LogP contribution in [0.5, 0.6) is 5.75 Å². The molecule has 0 radical (unpaired) electrons. The van der Waals surface area contributed by atoms with Crippen molar-refractivity contribution in [3.63, 3.8) is 0 Å². The van der Waals surface area contributed by atoms with Crippen LogP contribution < -0.4 is 10.1 Å². The highest BCUT2D eigenvalue weighted by molar-refractivity contribution is 6.33. The Labute approximate surface area is 223 Å². The summed E-state index contributed by atoms with van der Waals surface area (Å²) in [6.07, 6.45) is -3.27. The van der Waals surface area contributed by atoms with Crippen molar-refractivity contribution < 1.29 is 22.7 Å². The first kappa shape index (κ1) is 25.6. The van der Waals surface area contributed by atoms with Crippen LogP contribution in [0.1, 0.15) is 21.7 Å². The van der Waals surface area contributed by atoms with Crippen molar-refractivity contribution in [2.24, 2.45) is 0 Å². The van der Waals surface area contributed by atoms with E-state index in [9.17, 15) is 18.0 Å². The minimum atomic E-state index is -4.76. The number of fused-ring (bicyclic) bond motifs is 1. The lowest BCUT2D eigenvalue weighted by atomic mass is 10.1. The number of carbonyl (C=O) groups excluding carboxylic acids is 1. The predicted molar refractivity (Wildman–Crippen MR) is 136 cm³/mol. The summed E-state index contributed by atoms with van der Waals surface area (Å²) < 4.78 is 48.9. The van der Waals surface area contributed by atoms with Crippen molar-refractivity contribution in [1.82, 2.24) is 24.4 Å². The molecular formula is C25H17Cl2F3N6O2. The van der Waals surface area contributed by atoms with Gasteiger partial charge >= 0.3 is 6.18 Å². The van der Waals surface area contributed by atoms with Crippen molar-refractivity contribution in [1.29, 1.82) is 0 Å². The summed E-state index contributed by atoms with van der Waals surface area (Å²) in [5, 5.41) is 11.3. The van der Waals surface area contributed by atoms with Gasteiger partial charge in [-0.15, -0.1) is 0 Å². The highest BCUT2D eigenvalue weighted by Crippen LogP contribution is 2.33. The number of halogens is 5. The maximum atomic E-state index is 13.9. The summed E-state index contributed by atoms with van der Waals surface area (Å²) in [4.78, 5) is 17.2. The molecule has 0 saturated carbocycles.